The maximum atomic E-state index is 10.9. The van der Waals surface area contributed by atoms with Crippen LogP contribution >= 0.6 is 0 Å². The third kappa shape index (κ3) is 11.4. The second-order valence-corrected chi connectivity index (χ2v) is 4.25. The minimum Gasteiger partial charge on any atom is -0.359 e. The van der Waals surface area contributed by atoms with Crippen molar-refractivity contribution in [2.45, 2.75) is 71.1 Å². The van der Waals surface area contributed by atoms with Crippen LogP contribution in [0.25, 0.3) is 0 Å². The van der Waals surface area contributed by atoms with Crippen LogP contribution in [-0.2, 0) is 4.79 Å². The maximum absolute atomic E-state index is 10.9. The standard InChI is InChI=1S/C13H27NO/c1-3-4-5-6-7-8-9-10-11-12-13(15)14-2/h3-12H2,1-2H3,(H,14,15). The highest BCUT2D eigenvalue weighted by Crippen LogP contribution is 2.10. The molecule has 0 aliphatic heterocycles. The highest BCUT2D eigenvalue weighted by molar-refractivity contribution is 5.75. The Hall–Kier alpha value is -0.530. The van der Waals surface area contributed by atoms with E-state index in [9.17, 15) is 4.79 Å². The summed E-state index contributed by atoms with van der Waals surface area (Å²) < 4.78 is 0. The molecule has 0 heterocycles. The molecule has 0 saturated heterocycles. The van der Waals surface area contributed by atoms with Crippen molar-refractivity contribution in [3.63, 3.8) is 0 Å². The molecule has 0 rings (SSSR count). The Labute approximate surface area is 94.8 Å². The molecule has 0 aromatic carbocycles. The lowest BCUT2D eigenvalue weighted by Crippen LogP contribution is -2.16. The second-order valence-electron chi connectivity index (χ2n) is 4.25. The zero-order valence-electron chi connectivity index (χ0n) is 10.5. The summed E-state index contributed by atoms with van der Waals surface area (Å²) in [5.74, 6) is 0.179. The van der Waals surface area contributed by atoms with Crippen molar-refractivity contribution >= 4 is 5.91 Å². The number of hydrogen-bond acceptors (Lipinski definition) is 1. The summed E-state index contributed by atoms with van der Waals surface area (Å²) in [6, 6.07) is 0. The summed E-state index contributed by atoms with van der Waals surface area (Å²) in [4.78, 5) is 10.9. The third-order valence-electron chi connectivity index (χ3n) is 2.79. The molecule has 0 unspecified atom stereocenters. The van der Waals surface area contributed by atoms with Gasteiger partial charge in [0.1, 0.15) is 0 Å². The van der Waals surface area contributed by atoms with E-state index in [0.29, 0.717) is 6.42 Å². The van der Waals surface area contributed by atoms with Crippen LogP contribution in [0.2, 0.25) is 0 Å². The van der Waals surface area contributed by atoms with E-state index in [1.54, 1.807) is 7.05 Å². The molecule has 15 heavy (non-hydrogen) atoms. The van der Waals surface area contributed by atoms with Gasteiger partial charge in [0.15, 0.2) is 0 Å². The van der Waals surface area contributed by atoms with E-state index >= 15 is 0 Å². The molecule has 1 amide bonds. The van der Waals surface area contributed by atoms with Gasteiger partial charge in [0.05, 0.1) is 0 Å². The van der Waals surface area contributed by atoms with Gasteiger partial charge < -0.3 is 5.32 Å². The van der Waals surface area contributed by atoms with Gasteiger partial charge in [-0.15, -0.1) is 0 Å². The molecule has 90 valence electrons. The van der Waals surface area contributed by atoms with E-state index in [1.807, 2.05) is 0 Å². The van der Waals surface area contributed by atoms with E-state index in [0.717, 1.165) is 6.42 Å². The van der Waals surface area contributed by atoms with Crippen molar-refractivity contribution < 1.29 is 4.79 Å². The van der Waals surface area contributed by atoms with Crippen LogP contribution in [0.1, 0.15) is 71.1 Å². The van der Waals surface area contributed by atoms with Gasteiger partial charge in [-0.1, -0.05) is 58.3 Å². The van der Waals surface area contributed by atoms with Gasteiger partial charge in [0, 0.05) is 13.5 Å². The zero-order valence-corrected chi connectivity index (χ0v) is 10.5. The molecular weight excluding hydrogens is 186 g/mol. The molecule has 0 saturated carbocycles. The SMILES string of the molecule is CCCCCCCCCCCC(=O)NC. The second kappa shape index (κ2) is 11.5. The molecule has 0 aromatic heterocycles. The average Bonchev–Trinajstić information content (AvgIpc) is 2.26. The topological polar surface area (TPSA) is 29.1 Å². The molecule has 2 heteroatoms. The fourth-order valence-corrected chi connectivity index (χ4v) is 1.72. The molecule has 1 N–H and O–H groups in total. The van der Waals surface area contributed by atoms with Gasteiger partial charge in [-0.2, -0.15) is 0 Å². The molecule has 0 spiro atoms. The van der Waals surface area contributed by atoms with Crippen LogP contribution in [0, 0.1) is 0 Å². The molecule has 0 radical (unpaired) electrons. The van der Waals surface area contributed by atoms with E-state index < -0.39 is 0 Å². The molecule has 0 aliphatic rings. The zero-order chi connectivity index (χ0) is 11.4. The first-order chi connectivity index (χ1) is 7.31. The van der Waals surface area contributed by atoms with Crippen LogP contribution < -0.4 is 5.32 Å². The van der Waals surface area contributed by atoms with Gasteiger partial charge in [0.25, 0.3) is 0 Å². The highest BCUT2D eigenvalue weighted by Gasteiger charge is 1.97. The van der Waals surface area contributed by atoms with Crippen molar-refractivity contribution in [1.82, 2.24) is 5.32 Å². The molecule has 0 aromatic rings. The van der Waals surface area contributed by atoms with Crippen molar-refractivity contribution in [1.29, 1.82) is 0 Å². The van der Waals surface area contributed by atoms with E-state index in [-0.39, 0.29) is 5.91 Å². The fraction of sp³-hybridized carbons (Fsp3) is 0.923. The predicted molar refractivity (Wildman–Crippen MR) is 65.9 cm³/mol. The van der Waals surface area contributed by atoms with Gasteiger partial charge in [0.2, 0.25) is 5.91 Å². The Morgan fingerprint density at radius 3 is 1.80 bits per heavy atom. The first-order valence-corrected chi connectivity index (χ1v) is 6.51. The van der Waals surface area contributed by atoms with E-state index in [2.05, 4.69) is 12.2 Å². The Morgan fingerprint density at radius 1 is 0.867 bits per heavy atom. The van der Waals surface area contributed by atoms with Crippen LogP contribution in [0.15, 0.2) is 0 Å². The van der Waals surface area contributed by atoms with Gasteiger partial charge in [-0.05, 0) is 6.42 Å². The summed E-state index contributed by atoms with van der Waals surface area (Å²) in [5.41, 5.74) is 0. The lowest BCUT2D eigenvalue weighted by Gasteiger charge is -2.01. The van der Waals surface area contributed by atoms with Crippen molar-refractivity contribution in [2.75, 3.05) is 7.05 Å². The Kier molecular flexibility index (Phi) is 11.1. The predicted octanol–water partition coefficient (Wildman–Crippen LogP) is 3.65. The summed E-state index contributed by atoms with van der Waals surface area (Å²) in [6.07, 6.45) is 12.5. The fourth-order valence-electron chi connectivity index (χ4n) is 1.72. The Balaban J connectivity index is 2.95. The van der Waals surface area contributed by atoms with Crippen LogP contribution in [0.5, 0.6) is 0 Å². The van der Waals surface area contributed by atoms with Gasteiger partial charge in [-0.3, -0.25) is 4.79 Å². The number of nitrogens with one attached hydrogen (secondary N) is 1. The van der Waals surface area contributed by atoms with Crippen LogP contribution in [0.4, 0.5) is 0 Å². The molecule has 0 fully saturated rings. The first-order valence-electron chi connectivity index (χ1n) is 6.51. The lowest BCUT2D eigenvalue weighted by molar-refractivity contribution is -0.120. The summed E-state index contributed by atoms with van der Waals surface area (Å²) in [6.45, 7) is 2.25. The maximum Gasteiger partial charge on any atom is 0.219 e. The largest absolute Gasteiger partial charge is 0.359 e. The van der Waals surface area contributed by atoms with Crippen molar-refractivity contribution in [3.8, 4) is 0 Å². The monoisotopic (exact) mass is 213 g/mol. The quantitative estimate of drug-likeness (QED) is 0.551. The number of carbonyl (C=O) groups excluding carboxylic acids is 1. The molecular formula is C13H27NO. The highest BCUT2D eigenvalue weighted by atomic mass is 16.1. The minimum absolute atomic E-state index is 0.179. The summed E-state index contributed by atoms with van der Waals surface area (Å²) >= 11 is 0. The molecule has 0 aliphatic carbocycles. The van der Waals surface area contributed by atoms with Crippen molar-refractivity contribution in [2.24, 2.45) is 0 Å². The average molecular weight is 213 g/mol. The molecule has 2 nitrogen and oxygen atoms in total. The number of unbranched alkanes of at least 4 members (excludes halogenated alkanes) is 8. The van der Waals surface area contributed by atoms with Crippen LogP contribution in [0.3, 0.4) is 0 Å². The van der Waals surface area contributed by atoms with Gasteiger partial charge >= 0.3 is 0 Å². The number of rotatable bonds is 10. The van der Waals surface area contributed by atoms with E-state index in [4.69, 9.17) is 0 Å². The summed E-state index contributed by atoms with van der Waals surface area (Å²) in [7, 11) is 1.70. The first kappa shape index (κ1) is 14.5. The Bertz CT molecular complexity index is 145. The lowest BCUT2D eigenvalue weighted by atomic mass is 10.1. The van der Waals surface area contributed by atoms with Gasteiger partial charge in [-0.25, -0.2) is 0 Å². The molecule has 0 atom stereocenters. The van der Waals surface area contributed by atoms with Crippen molar-refractivity contribution in [3.05, 3.63) is 0 Å². The molecule has 0 bridgehead atoms. The number of hydrogen-bond donors (Lipinski definition) is 1. The normalized spacial score (nSPS) is 10.3. The van der Waals surface area contributed by atoms with Crippen LogP contribution in [-0.4, -0.2) is 13.0 Å². The summed E-state index contributed by atoms with van der Waals surface area (Å²) in [5, 5.41) is 2.65. The number of carbonyl (C=O) groups is 1. The smallest absolute Gasteiger partial charge is 0.219 e. The third-order valence-corrected chi connectivity index (χ3v) is 2.79. The van der Waals surface area contributed by atoms with E-state index in [1.165, 1.54) is 51.4 Å². The Morgan fingerprint density at radius 2 is 1.33 bits per heavy atom. The number of amides is 1. The minimum atomic E-state index is 0.179.